The summed E-state index contributed by atoms with van der Waals surface area (Å²) in [4.78, 5) is 36.2. The van der Waals surface area contributed by atoms with Gasteiger partial charge in [0.2, 0.25) is 0 Å². The van der Waals surface area contributed by atoms with Gasteiger partial charge in [-0.05, 0) is 60.5 Å². The van der Waals surface area contributed by atoms with E-state index in [1.165, 1.54) is 37.4 Å². The van der Waals surface area contributed by atoms with Crippen molar-refractivity contribution in [3.8, 4) is 11.5 Å². The van der Waals surface area contributed by atoms with Crippen molar-refractivity contribution in [2.24, 2.45) is 0 Å². The standard InChI is InChI=1S/C26H25FN2O6/c1-17-6-7-18(12-23(17)27)14-28-24(30)15-35-26(32)19-8-10-21(11-9-19)34-16-25(31)29-20-4-3-5-22(13-20)33-2/h3-13H,14-16H2,1-2H3,(H,28,30)(H,29,31). The third kappa shape index (κ3) is 7.85. The normalized spacial score (nSPS) is 10.3. The van der Waals surface area contributed by atoms with Crippen LogP contribution in [0.2, 0.25) is 0 Å². The molecule has 0 heterocycles. The third-order valence-corrected chi connectivity index (χ3v) is 4.87. The lowest BCUT2D eigenvalue weighted by molar-refractivity contribution is -0.124. The van der Waals surface area contributed by atoms with E-state index in [1.807, 2.05) is 0 Å². The van der Waals surface area contributed by atoms with Crippen molar-refractivity contribution in [2.45, 2.75) is 13.5 Å². The van der Waals surface area contributed by atoms with E-state index >= 15 is 0 Å². The van der Waals surface area contributed by atoms with Gasteiger partial charge in [-0.15, -0.1) is 0 Å². The van der Waals surface area contributed by atoms with E-state index in [0.29, 0.717) is 28.3 Å². The maximum atomic E-state index is 13.6. The molecule has 0 aliphatic carbocycles. The average Bonchev–Trinajstić information content (AvgIpc) is 2.87. The van der Waals surface area contributed by atoms with Crippen LogP contribution in [0.25, 0.3) is 0 Å². The number of aryl methyl sites for hydroxylation is 1. The van der Waals surface area contributed by atoms with Crippen molar-refractivity contribution < 1.29 is 33.0 Å². The summed E-state index contributed by atoms with van der Waals surface area (Å²) in [5, 5.41) is 5.26. The number of carbonyl (C=O) groups excluding carboxylic acids is 3. The minimum absolute atomic E-state index is 0.116. The quantitative estimate of drug-likeness (QED) is 0.430. The highest BCUT2D eigenvalue weighted by Gasteiger charge is 2.11. The smallest absolute Gasteiger partial charge is 0.338 e. The molecule has 0 saturated heterocycles. The van der Waals surface area contributed by atoms with Gasteiger partial charge in [0.15, 0.2) is 13.2 Å². The van der Waals surface area contributed by atoms with Gasteiger partial charge in [-0.1, -0.05) is 18.2 Å². The second kappa shape index (κ2) is 12.2. The second-order valence-corrected chi connectivity index (χ2v) is 7.53. The van der Waals surface area contributed by atoms with Crippen LogP contribution in [0.1, 0.15) is 21.5 Å². The number of amides is 2. The Morgan fingerprint density at radius 3 is 2.37 bits per heavy atom. The molecule has 9 heteroatoms. The largest absolute Gasteiger partial charge is 0.497 e. The van der Waals surface area contributed by atoms with Gasteiger partial charge in [0.25, 0.3) is 11.8 Å². The molecule has 3 aromatic rings. The van der Waals surface area contributed by atoms with Gasteiger partial charge in [0, 0.05) is 18.3 Å². The van der Waals surface area contributed by atoms with E-state index in [9.17, 15) is 18.8 Å². The number of carbonyl (C=O) groups is 3. The molecule has 2 N–H and O–H groups in total. The van der Waals surface area contributed by atoms with Crippen LogP contribution in [-0.2, 0) is 20.9 Å². The first kappa shape index (κ1) is 25.2. The fourth-order valence-corrected chi connectivity index (χ4v) is 2.95. The topological polar surface area (TPSA) is 103 Å². The van der Waals surface area contributed by atoms with Crippen molar-refractivity contribution in [2.75, 3.05) is 25.6 Å². The molecule has 0 unspecified atom stereocenters. The van der Waals surface area contributed by atoms with E-state index in [0.717, 1.165) is 0 Å². The third-order valence-electron chi connectivity index (χ3n) is 4.87. The molecule has 3 aromatic carbocycles. The number of hydrogen-bond donors (Lipinski definition) is 2. The Kier molecular flexibility index (Phi) is 8.77. The number of hydrogen-bond acceptors (Lipinski definition) is 6. The summed E-state index contributed by atoms with van der Waals surface area (Å²) >= 11 is 0. The van der Waals surface area contributed by atoms with E-state index in [4.69, 9.17) is 14.2 Å². The molecule has 182 valence electrons. The molecule has 0 atom stereocenters. The highest BCUT2D eigenvalue weighted by molar-refractivity contribution is 5.92. The van der Waals surface area contributed by atoms with Crippen molar-refractivity contribution in [1.82, 2.24) is 5.32 Å². The van der Waals surface area contributed by atoms with Crippen LogP contribution in [0.4, 0.5) is 10.1 Å². The zero-order valence-corrected chi connectivity index (χ0v) is 19.3. The van der Waals surface area contributed by atoms with Crippen LogP contribution < -0.4 is 20.1 Å². The molecule has 0 aromatic heterocycles. The summed E-state index contributed by atoms with van der Waals surface area (Å²) in [6, 6.07) is 17.5. The summed E-state index contributed by atoms with van der Waals surface area (Å²) in [6.07, 6.45) is 0. The summed E-state index contributed by atoms with van der Waals surface area (Å²) in [6.45, 7) is 1.06. The van der Waals surface area contributed by atoms with E-state index < -0.39 is 18.5 Å². The Hall–Kier alpha value is -4.40. The summed E-state index contributed by atoms with van der Waals surface area (Å²) in [5.41, 5.74) is 1.90. The van der Waals surface area contributed by atoms with Crippen LogP contribution in [0.15, 0.2) is 66.7 Å². The predicted octanol–water partition coefficient (Wildman–Crippen LogP) is 3.63. The SMILES string of the molecule is COc1cccc(NC(=O)COc2ccc(C(=O)OCC(=O)NCc3ccc(C)c(F)c3)cc2)c1. The minimum atomic E-state index is -0.691. The maximum absolute atomic E-state index is 13.6. The lowest BCUT2D eigenvalue weighted by atomic mass is 10.1. The molecule has 0 bridgehead atoms. The zero-order chi connectivity index (χ0) is 25.2. The van der Waals surface area contributed by atoms with Crippen molar-refractivity contribution in [1.29, 1.82) is 0 Å². The fraction of sp³-hybridized carbons (Fsp3) is 0.192. The Morgan fingerprint density at radius 2 is 1.66 bits per heavy atom. The van der Waals surface area contributed by atoms with Crippen LogP contribution in [0.5, 0.6) is 11.5 Å². The average molecular weight is 480 g/mol. The van der Waals surface area contributed by atoms with Crippen molar-refractivity contribution in [3.63, 3.8) is 0 Å². The number of ether oxygens (including phenoxy) is 3. The number of benzene rings is 3. The zero-order valence-electron chi connectivity index (χ0n) is 19.3. The van der Waals surface area contributed by atoms with Crippen LogP contribution >= 0.6 is 0 Å². The Labute approximate surface area is 202 Å². The van der Waals surface area contributed by atoms with Crippen LogP contribution in [0, 0.1) is 12.7 Å². The number of anilines is 1. The van der Waals surface area contributed by atoms with Gasteiger partial charge in [-0.2, -0.15) is 0 Å². The number of esters is 1. The Bertz CT molecular complexity index is 1200. The molecule has 35 heavy (non-hydrogen) atoms. The first-order valence-corrected chi connectivity index (χ1v) is 10.7. The molecule has 0 radical (unpaired) electrons. The van der Waals surface area contributed by atoms with Crippen LogP contribution in [0.3, 0.4) is 0 Å². The minimum Gasteiger partial charge on any atom is -0.497 e. The van der Waals surface area contributed by atoms with Gasteiger partial charge in [-0.3, -0.25) is 9.59 Å². The second-order valence-electron chi connectivity index (χ2n) is 7.53. The molecule has 0 aliphatic rings. The molecule has 0 spiro atoms. The summed E-state index contributed by atoms with van der Waals surface area (Å²) in [5.74, 6) is -0.921. The first-order chi connectivity index (χ1) is 16.8. The van der Waals surface area contributed by atoms with Crippen LogP contribution in [-0.4, -0.2) is 38.1 Å². The molecule has 3 rings (SSSR count). The van der Waals surface area contributed by atoms with E-state index in [2.05, 4.69) is 10.6 Å². The lowest BCUT2D eigenvalue weighted by Crippen LogP contribution is -2.28. The highest BCUT2D eigenvalue weighted by atomic mass is 19.1. The fourth-order valence-electron chi connectivity index (χ4n) is 2.95. The van der Waals surface area contributed by atoms with Gasteiger partial charge in [0.1, 0.15) is 17.3 Å². The summed E-state index contributed by atoms with van der Waals surface area (Å²) in [7, 11) is 1.54. The number of nitrogens with one attached hydrogen (secondary N) is 2. The summed E-state index contributed by atoms with van der Waals surface area (Å²) < 4.78 is 29.1. The molecular weight excluding hydrogens is 455 g/mol. The molecular formula is C26H25FN2O6. The predicted molar refractivity (Wildman–Crippen MR) is 127 cm³/mol. The number of rotatable bonds is 10. The van der Waals surface area contributed by atoms with Gasteiger partial charge in [0.05, 0.1) is 12.7 Å². The van der Waals surface area contributed by atoms with Gasteiger partial charge < -0.3 is 24.8 Å². The molecule has 0 aliphatic heterocycles. The molecule has 0 saturated carbocycles. The van der Waals surface area contributed by atoms with Crippen molar-refractivity contribution >= 4 is 23.5 Å². The lowest BCUT2D eigenvalue weighted by Gasteiger charge is -2.09. The number of methoxy groups -OCH3 is 1. The Morgan fingerprint density at radius 1 is 0.886 bits per heavy atom. The van der Waals surface area contributed by atoms with E-state index in [-0.39, 0.29) is 30.4 Å². The first-order valence-electron chi connectivity index (χ1n) is 10.7. The molecule has 8 nitrogen and oxygen atoms in total. The van der Waals surface area contributed by atoms with Gasteiger partial charge >= 0.3 is 5.97 Å². The monoisotopic (exact) mass is 480 g/mol. The molecule has 2 amide bonds. The number of halogens is 1. The van der Waals surface area contributed by atoms with E-state index in [1.54, 1.807) is 43.3 Å². The maximum Gasteiger partial charge on any atom is 0.338 e. The Balaban J connectivity index is 1.40. The van der Waals surface area contributed by atoms with Crippen molar-refractivity contribution in [3.05, 3.63) is 89.2 Å². The van der Waals surface area contributed by atoms with Gasteiger partial charge in [-0.25, -0.2) is 9.18 Å². The molecule has 0 fully saturated rings. The highest BCUT2D eigenvalue weighted by Crippen LogP contribution is 2.17.